The Kier molecular flexibility index (Phi) is 4.30. The summed E-state index contributed by atoms with van der Waals surface area (Å²) in [7, 11) is 0. The minimum atomic E-state index is -0.581. The van der Waals surface area contributed by atoms with Crippen LogP contribution in [-0.2, 0) is 9.59 Å². The number of nitrogens with one attached hydrogen (secondary N) is 2. The Morgan fingerprint density at radius 3 is 2.76 bits per heavy atom. The van der Waals surface area contributed by atoms with Gasteiger partial charge in [-0.15, -0.1) is 0 Å². The summed E-state index contributed by atoms with van der Waals surface area (Å²) < 4.78 is 19.1. The van der Waals surface area contributed by atoms with Gasteiger partial charge in [-0.1, -0.05) is 0 Å². The lowest BCUT2D eigenvalue weighted by Gasteiger charge is -2.24. The molecule has 7 heteroatoms. The van der Waals surface area contributed by atoms with Crippen LogP contribution in [0.15, 0.2) is 12.1 Å². The quantitative estimate of drug-likeness (QED) is 0.577. The van der Waals surface area contributed by atoms with Gasteiger partial charge >= 0.3 is 0 Å². The molecule has 21 heavy (non-hydrogen) atoms. The van der Waals surface area contributed by atoms with Crippen LogP contribution in [0.3, 0.4) is 0 Å². The minimum absolute atomic E-state index is 0.0639. The molecule has 2 amide bonds. The van der Waals surface area contributed by atoms with Crippen LogP contribution in [0.25, 0.3) is 0 Å². The molecule has 1 aromatic carbocycles. The molecule has 1 aliphatic heterocycles. The fourth-order valence-electron chi connectivity index (χ4n) is 2.06. The van der Waals surface area contributed by atoms with Gasteiger partial charge in [0.2, 0.25) is 11.8 Å². The maximum absolute atomic E-state index is 13.7. The summed E-state index contributed by atoms with van der Waals surface area (Å²) in [6.45, 7) is 3.56. The van der Waals surface area contributed by atoms with E-state index in [-0.39, 0.29) is 29.9 Å². The highest BCUT2D eigenvalue weighted by molar-refractivity contribution is 6.01. The smallest absolute Gasteiger partial charge is 0.249 e. The predicted molar refractivity (Wildman–Crippen MR) is 76.4 cm³/mol. The SMILES string of the molecule is CC(C)Oc1cc(NC2CCC(=O)NC2=O)c(N)cc1F. The molecular weight excluding hydrogens is 277 g/mol. The van der Waals surface area contributed by atoms with E-state index in [2.05, 4.69) is 10.6 Å². The number of nitrogen functional groups attached to an aromatic ring is 1. The molecule has 1 atom stereocenters. The molecule has 2 rings (SSSR count). The lowest BCUT2D eigenvalue weighted by molar-refractivity contribution is -0.133. The lowest BCUT2D eigenvalue weighted by Crippen LogP contribution is -2.47. The number of hydrogen-bond donors (Lipinski definition) is 3. The van der Waals surface area contributed by atoms with Crippen molar-refractivity contribution in [1.29, 1.82) is 0 Å². The second-order valence-corrected chi connectivity index (χ2v) is 5.18. The lowest BCUT2D eigenvalue weighted by atomic mass is 10.1. The molecular formula is C14H18FN3O3. The fraction of sp³-hybridized carbons (Fsp3) is 0.429. The van der Waals surface area contributed by atoms with Crippen molar-refractivity contribution in [2.45, 2.75) is 38.8 Å². The van der Waals surface area contributed by atoms with E-state index in [1.54, 1.807) is 13.8 Å². The van der Waals surface area contributed by atoms with Crippen LogP contribution in [0.1, 0.15) is 26.7 Å². The first kappa shape index (κ1) is 15.1. The molecule has 114 valence electrons. The summed E-state index contributed by atoms with van der Waals surface area (Å²) in [4.78, 5) is 22.8. The third-order valence-corrected chi connectivity index (χ3v) is 3.04. The van der Waals surface area contributed by atoms with E-state index in [0.29, 0.717) is 12.1 Å². The zero-order valence-corrected chi connectivity index (χ0v) is 11.9. The van der Waals surface area contributed by atoms with Crippen LogP contribution in [0.4, 0.5) is 15.8 Å². The summed E-state index contributed by atoms with van der Waals surface area (Å²) >= 11 is 0. The van der Waals surface area contributed by atoms with Crippen LogP contribution < -0.4 is 21.1 Å². The van der Waals surface area contributed by atoms with Crippen molar-refractivity contribution in [2.75, 3.05) is 11.1 Å². The highest BCUT2D eigenvalue weighted by Gasteiger charge is 2.27. The third-order valence-electron chi connectivity index (χ3n) is 3.04. The van der Waals surface area contributed by atoms with Crippen LogP contribution in [0.2, 0.25) is 0 Å². The first-order valence-corrected chi connectivity index (χ1v) is 6.72. The van der Waals surface area contributed by atoms with Gasteiger partial charge in [-0.2, -0.15) is 0 Å². The number of amides is 2. The summed E-state index contributed by atoms with van der Waals surface area (Å²) in [6, 6.07) is 1.99. The zero-order valence-electron chi connectivity index (χ0n) is 11.9. The third kappa shape index (κ3) is 3.62. The van der Waals surface area contributed by atoms with Gasteiger partial charge in [0.05, 0.1) is 17.5 Å². The number of rotatable bonds is 4. The van der Waals surface area contributed by atoms with Crippen LogP contribution in [0, 0.1) is 5.82 Å². The first-order chi connectivity index (χ1) is 9.86. The van der Waals surface area contributed by atoms with E-state index in [1.165, 1.54) is 6.07 Å². The molecule has 1 aliphatic rings. The van der Waals surface area contributed by atoms with Crippen molar-refractivity contribution in [3.05, 3.63) is 17.9 Å². The molecule has 0 saturated carbocycles. The largest absolute Gasteiger partial charge is 0.488 e. The molecule has 4 N–H and O–H groups in total. The maximum Gasteiger partial charge on any atom is 0.249 e. The van der Waals surface area contributed by atoms with Gasteiger partial charge in [0, 0.05) is 18.6 Å². The number of carbonyl (C=O) groups is 2. The van der Waals surface area contributed by atoms with Crippen molar-refractivity contribution in [3.63, 3.8) is 0 Å². The van der Waals surface area contributed by atoms with Gasteiger partial charge in [-0.05, 0) is 20.3 Å². The second-order valence-electron chi connectivity index (χ2n) is 5.18. The molecule has 1 saturated heterocycles. The maximum atomic E-state index is 13.7. The number of anilines is 2. The Morgan fingerprint density at radius 2 is 2.14 bits per heavy atom. The van der Waals surface area contributed by atoms with Crippen molar-refractivity contribution in [1.82, 2.24) is 5.32 Å². The first-order valence-electron chi connectivity index (χ1n) is 6.72. The Labute approximate surface area is 121 Å². The van der Waals surface area contributed by atoms with Crippen LogP contribution in [0.5, 0.6) is 5.75 Å². The van der Waals surface area contributed by atoms with Crippen LogP contribution in [-0.4, -0.2) is 24.0 Å². The number of carbonyl (C=O) groups excluding carboxylic acids is 2. The highest BCUT2D eigenvalue weighted by Crippen LogP contribution is 2.30. The summed E-state index contributed by atoms with van der Waals surface area (Å²) in [5.74, 6) is -1.21. The molecule has 1 unspecified atom stereocenters. The van der Waals surface area contributed by atoms with Crippen molar-refractivity contribution in [3.8, 4) is 5.75 Å². The van der Waals surface area contributed by atoms with Gasteiger partial charge in [-0.3, -0.25) is 14.9 Å². The van der Waals surface area contributed by atoms with E-state index >= 15 is 0 Å². The van der Waals surface area contributed by atoms with Gasteiger partial charge in [0.15, 0.2) is 11.6 Å². The van der Waals surface area contributed by atoms with Crippen molar-refractivity contribution < 1.29 is 18.7 Å². The molecule has 1 fully saturated rings. The number of hydrogen-bond acceptors (Lipinski definition) is 5. The molecule has 1 heterocycles. The zero-order chi connectivity index (χ0) is 15.6. The van der Waals surface area contributed by atoms with E-state index in [9.17, 15) is 14.0 Å². The monoisotopic (exact) mass is 295 g/mol. The number of nitrogens with two attached hydrogens (primary N) is 1. The second kappa shape index (κ2) is 5.99. The average molecular weight is 295 g/mol. The number of piperidine rings is 1. The molecule has 0 spiro atoms. The Hall–Kier alpha value is -2.31. The van der Waals surface area contributed by atoms with E-state index in [0.717, 1.165) is 6.07 Å². The van der Waals surface area contributed by atoms with Crippen LogP contribution >= 0.6 is 0 Å². The Morgan fingerprint density at radius 1 is 1.43 bits per heavy atom. The van der Waals surface area contributed by atoms with Crippen molar-refractivity contribution >= 4 is 23.2 Å². The number of imide groups is 1. The topological polar surface area (TPSA) is 93.5 Å². The normalized spacial score (nSPS) is 18.6. The molecule has 1 aromatic rings. The molecule has 0 aromatic heterocycles. The van der Waals surface area contributed by atoms with E-state index < -0.39 is 17.8 Å². The van der Waals surface area contributed by atoms with Gasteiger partial charge in [-0.25, -0.2) is 4.39 Å². The standard InChI is InChI=1S/C14H18FN3O3/c1-7(2)21-12-6-11(9(16)5-8(12)15)17-10-3-4-13(19)18-14(10)20/h5-7,10,17H,3-4,16H2,1-2H3,(H,18,19,20). The van der Waals surface area contributed by atoms with Gasteiger partial charge in [0.25, 0.3) is 0 Å². The van der Waals surface area contributed by atoms with Gasteiger partial charge < -0.3 is 15.8 Å². The highest BCUT2D eigenvalue weighted by atomic mass is 19.1. The fourth-order valence-corrected chi connectivity index (χ4v) is 2.06. The number of ether oxygens (including phenoxy) is 1. The number of benzene rings is 1. The Balaban J connectivity index is 2.19. The summed E-state index contributed by atoms with van der Waals surface area (Å²) in [6.07, 6.45) is 0.424. The molecule has 0 bridgehead atoms. The molecule has 0 radical (unpaired) electrons. The summed E-state index contributed by atoms with van der Waals surface area (Å²) in [5, 5.41) is 5.17. The average Bonchev–Trinajstić information content (AvgIpc) is 2.37. The minimum Gasteiger partial charge on any atom is -0.488 e. The number of halogens is 1. The molecule has 6 nitrogen and oxygen atoms in total. The summed E-state index contributed by atoms with van der Waals surface area (Å²) in [5.41, 5.74) is 6.33. The van der Waals surface area contributed by atoms with Gasteiger partial charge in [0.1, 0.15) is 6.04 Å². The molecule has 0 aliphatic carbocycles. The van der Waals surface area contributed by atoms with E-state index in [4.69, 9.17) is 10.5 Å². The predicted octanol–water partition coefficient (Wildman–Crippen LogP) is 1.41. The van der Waals surface area contributed by atoms with E-state index in [1.807, 2.05) is 0 Å². The van der Waals surface area contributed by atoms with Crippen molar-refractivity contribution in [2.24, 2.45) is 0 Å². The Bertz CT molecular complexity index is 575.